The molecule has 0 atom stereocenters. The van der Waals surface area contributed by atoms with Crippen molar-refractivity contribution < 1.29 is 4.79 Å². The van der Waals surface area contributed by atoms with Crippen molar-refractivity contribution in [3.63, 3.8) is 0 Å². The Kier molecular flexibility index (Phi) is 4.67. The molecule has 2 N–H and O–H groups in total. The molecular formula is C17H14ClN5O. The summed E-state index contributed by atoms with van der Waals surface area (Å²) in [7, 11) is 0. The lowest BCUT2D eigenvalue weighted by Gasteiger charge is -2.00. The Morgan fingerprint density at radius 2 is 2.04 bits per heavy atom. The number of amides is 1. The quantitative estimate of drug-likeness (QED) is 0.565. The number of hydrogen-bond donors (Lipinski definition) is 2. The van der Waals surface area contributed by atoms with E-state index in [1.165, 1.54) is 0 Å². The smallest absolute Gasteiger partial charge is 0.272 e. The van der Waals surface area contributed by atoms with E-state index in [-0.39, 0.29) is 5.91 Å². The zero-order chi connectivity index (χ0) is 16.9. The van der Waals surface area contributed by atoms with Crippen molar-refractivity contribution in [2.45, 2.75) is 6.92 Å². The van der Waals surface area contributed by atoms with Crippen LogP contribution in [-0.4, -0.2) is 26.8 Å². The molecule has 3 rings (SSSR count). The molecule has 6 nitrogen and oxygen atoms in total. The van der Waals surface area contributed by atoms with Crippen molar-refractivity contribution in [3.05, 3.63) is 71.1 Å². The van der Waals surface area contributed by atoms with Crippen LogP contribution >= 0.6 is 11.6 Å². The Morgan fingerprint density at radius 3 is 2.75 bits per heavy atom. The van der Waals surface area contributed by atoms with E-state index < -0.39 is 0 Å². The number of aromatic nitrogens is 3. The number of aromatic amines is 1. The van der Waals surface area contributed by atoms with Crippen molar-refractivity contribution in [3.8, 4) is 11.3 Å². The van der Waals surface area contributed by atoms with Crippen LogP contribution in [0.4, 0.5) is 0 Å². The lowest BCUT2D eigenvalue weighted by molar-refractivity contribution is 0.0950. The number of nitrogens with zero attached hydrogens (tertiary/aromatic N) is 3. The third-order valence-electron chi connectivity index (χ3n) is 3.37. The number of nitrogens with one attached hydrogen (secondary N) is 2. The number of H-pyrrole nitrogens is 1. The molecule has 0 aliphatic carbocycles. The van der Waals surface area contributed by atoms with Crippen LogP contribution in [0.5, 0.6) is 0 Å². The molecule has 0 aliphatic heterocycles. The van der Waals surface area contributed by atoms with Gasteiger partial charge in [0.15, 0.2) is 0 Å². The van der Waals surface area contributed by atoms with Gasteiger partial charge < -0.3 is 0 Å². The minimum absolute atomic E-state index is 0.322. The van der Waals surface area contributed by atoms with Gasteiger partial charge in [-0.25, -0.2) is 5.43 Å². The molecule has 1 aromatic carbocycles. The van der Waals surface area contributed by atoms with Crippen LogP contribution in [0, 0.1) is 0 Å². The van der Waals surface area contributed by atoms with E-state index in [0.717, 1.165) is 11.1 Å². The first-order valence-electron chi connectivity index (χ1n) is 7.20. The summed E-state index contributed by atoms with van der Waals surface area (Å²) in [6.45, 7) is 1.80. The SMILES string of the molecule is CC(=NNC(=O)c1cc(-c2ccc(Cl)cc2)n[nH]1)c1cccnc1. The van der Waals surface area contributed by atoms with Crippen LogP contribution in [0.2, 0.25) is 5.02 Å². The molecular weight excluding hydrogens is 326 g/mol. The highest BCUT2D eigenvalue weighted by Crippen LogP contribution is 2.20. The highest BCUT2D eigenvalue weighted by atomic mass is 35.5. The van der Waals surface area contributed by atoms with E-state index in [1.54, 1.807) is 37.5 Å². The zero-order valence-corrected chi connectivity index (χ0v) is 13.6. The van der Waals surface area contributed by atoms with Gasteiger partial charge in [0.1, 0.15) is 5.69 Å². The molecule has 0 saturated heterocycles. The highest BCUT2D eigenvalue weighted by molar-refractivity contribution is 6.30. The summed E-state index contributed by atoms with van der Waals surface area (Å²) in [6.07, 6.45) is 3.36. The second kappa shape index (κ2) is 7.06. The summed E-state index contributed by atoms with van der Waals surface area (Å²) >= 11 is 5.86. The summed E-state index contributed by atoms with van der Waals surface area (Å²) < 4.78 is 0. The third kappa shape index (κ3) is 3.67. The number of pyridine rings is 1. The molecule has 0 saturated carbocycles. The zero-order valence-electron chi connectivity index (χ0n) is 12.8. The average molecular weight is 340 g/mol. The Morgan fingerprint density at radius 1 is 1.25 bits per heavy atom. The van der Waals surface area contributed by atoms with Crippen molar-refractivity contribution in [1.29, 1.82) is 0 Å². The molecule has 0 aliphatic rings. The molecule has 0 spiro atoms. The highest BCUT2D eigenvalue weighted by Gasteiger charge is 2.10. The normalized spacial score (nSPS) is 11.3. The molecule has 120 valence electrons. The van der Waals surface area contributed by atoms with Crippen LogP contribution in [0.3, 0.4) is 0 Å². The van der Waals surface area contributed by atoms with Gasteiger partial charge in [-0.05, 0) is 31.2 Å². The van der Waals surface area contributed by atoms with Crippen LogP contribution in [-0.2, 0) is 0 Å². The lowest BCUT2D eigenvalue weighted by atomic mass is 10.1. The number of rotatable bonds is 4. The minimum Gasteiger partial charge on any atom is -0.272 e. The number of benzene rings is 1. The standard InChI is InChI=1S/C17H14ClN5O/c1-11(13-3-2-8-19-10-13)20-23-17(24)16-9-15(21-22-16)12-4-6-14(18)7-5-12/h2-10H,1H3,(H,21,22)(H,23,24). The molecule has 7 heteroatoms. The summed E-state index contributed by atoms with van der Waals surface area (Å²) in [6, 6.07) is 12.6. The Labute approximate surface area is 143 Å². The molecule has 0 bridgehead atoms. The maximum Gasteiger partial charge on any atom is 0.289 e. The van der Waals surface area contributed by atoms with Gasteiger partial charge in [-0.1, -0.05) is 29.8 Å². The summed E-state index contributed by atoms with van der Waals surface area (Å²) in [5, 5.41) is 11.6. The molecule has 0 radical (unpaired) electrons. The predicted molar refractivity (Wildman–Crippen MR) is 92.9 cm³/mol. The first kappa shape index (κ1) is 15.9. The van der Waals surface area contributed by atoms with Gasteiger partial charge in [-0.15, -0.1) is 0 Å². The van der Waals surface area contributed by atoms with E-state index in [1.807, 2.05) is 24.3 Å². The second-order valence-corrected chi connectivity index (χ2v) is 5.49. The number of hydrogen-bond acceptors (Lipinski definition) is 4. The molecule has 0 unspecified atom stereocenters. The van der Waals surface area contributed by atoms with Crippen molar-refractivity contribution in [2.75, 3.05) is 0 Å². The van der Waals surface area contributed by atoms with E-state index >= 15 is 0 Å². The summed E-state index contributed by atoms with van der Waals surface area (Å²) in [5.41, 5.74) is 5.84. The molecule has 0 fully saturated rings. The second-order valence-electron chi connectivity index (χ2n) is 5.05. The van der Waals surface area contributed by atoms with Crippen LogP contribution < -0.4 is 5.43 Å². The van der Waals surface area contributed by atoms with Crippen molar-refractivity contribution >= 4 is 23.2 Å². The van der Waals surface area contributed by atoms with Gasteiger partial charge >= 0.3 is 0 Å². The molecule has 2 aromatic heterocycles. The monoisotopic (exact) mass is 339 g/mol. The average Bonchev–Trinajstić information content (AvgIpc) is 3.11. The van der Waals surface area contributed by atoms with Crippen LogP contribution in [0.25, 0.3) is 11.3 Å². The van der Waals surface area contributed by atoms with Gasteiger partial charge in [0.25, 0.3) is 5.91 Å². The fourth-order valence-electron chi connectivity index (χ4n) is 2.04. The number of hydrazone groups is 1. The fraction of sp³-hybridized carbons (Fsp3) is 0.0588. The topological polar surface area (TPSA) is 83.0 Å². The minimum atomic E-state index is -0.369. The van der Waals surface area contributed by atoms with Gasteiger partial charge in [0.2, 0.25) is 0 Å². The van der Waals surface area contributed by atoms with Crippen LogP contribution in [0.1, 0.15) is 23.0 Å². The Hall–Kier alpha value is -2.99. The summed E-state index contributed by atoms with van der Waals surface area (Å²) in [4.78, 5) is 16.2. The fourth-order valence-corrected chi connectivity index (χ4v) is 2.17. The maximum absolute atomic E-state index is 12.2. The van der Waals surface area contributed by atoms with E-state index in [0.29, 0.717) is 22.1 Å². The first-order chi connectivity index (χ1) is 11.6. The Balaban J connectivity index is 1.71. The van der Waals surface area contributed by atoms with E-state index in [2.05, 4.69) is 25.7 Å². The first-order valence-corrected chi connectivity index (χ1v) is 7.57. The van der Waals surface area contributed by atoms with Crippen LogP contribution in [0.15, 0.2) is 60.0 Å². The predicted octanol–water partition coefficient (Wildman–Crippen LogP) is 3.28. The van der Waals surface area contributed by atoms with Gasteiger partial charge in [0.05, 0.1) is 11.4 Å². The molecule has 24 heavy (non-hydrogen) atoms. The third-order valence-corrected chi connectivity index (χ3v) is 3.62. The maximum atomic E-state index is 12.2. The largest absolute Gasteiger partial charge is 0.289 e. The van der Waals surface area contributed by atoms with E-state index in [9.17, 15) is 4.79 Å². The van der Waals surface area contributed by atoms with Gasteiger partial charge in [-0.3, -0.25) is 14.9 Å². The lowest BCUT2D eigenvalue weighted by Crippen LogP contribution is -2.19. The van der Waals surface area contributed by atoms with Crippen molar-refractivity contribution in [1.82, 2.24) is 20.6 Å². The molecule has 2 heterocycles. The van der Waals surface area contributed by atoms with Crippen molar-refractivity contribution in [2.24, 2.45) is 5.10 Å². The van der Waals surface area contributed by atoms with Gasteiger partial charge in [-0.2, -0.15) is 10.2 Å². The summed E-state index contributed by atoms with van der Waals surface area (Å²) in [5.74, 6) is -0.369. The van der Waals surface area contributed by atoms with Gasteiger partial charge in [0, 0.05) is 28.5 Å². The Bertz CT molecular complexity index is 872. The molecule has 3 aromatic rings. The molecule has 1 amide bonds. The van der Waals surface area contributed by atoms with E-state index in [4.69, 9.17) is 11.6 Å². The number of carbonyl (C=O) groups is 1. The number of carbonyl (C=O) groups excluding carboxylic acids is 1. The number of halogens is 1.